The summed E-state index contributed by atoms with van der Waals surface area (Å²) >= 11 is 0. The van der Waals surface area contributed by atoms with Crippen LogP contribution in [0.1, 0.15) is 42.6 Å². The maximum absolute atomic E-state index is 14.6. The monoisotopic (exact) mass is 353 g/mol. The first kappa shape index (κ1) is 17.9. The van der Waals surface area contributed by atoms with Crippen molar-refractivity contribution in [1.82, 2.24) is 4.98 Å². The third kappa shape index (κ3) is 3.25. The molecular weight excluding hydrogens is 333 g/mol. The topological polar surface area (TPSA) is 59.4 Å². The molecule has 5 heteroatoms. The first-order chi connectivity index (χ1) is 12.4. The van der Waals surface area contributed by atoms with Crippen LogP contribution in [0.15, 0.2) is 42.6 Å². The van der Waals surface area contributed by atoms with Gasteiger partial charge in [-0.25, -0.2) is 9.18 Å². The van der Waals surface area contributed by atoms with Crippen LogP contribution < -0.4 is 4.74 Å². The van der Waals surface area contributed by atoms with Gasteiger partial charge in [0.2, 0.25) is 0 Å². The number of pyridine rings is 1. The van der Waals surface area contributed by atoms with Crippen LogP contribution in [0.25, 0.3) is 22.0 Å². The zero-order chi connectivity index (χ0) is 18.8. The van der Waals surface area contributed by atoms with E-state index in [4.69, 9.17) is 4.74 Å². The summed E-state index contributed by atoms with van der Waals surface area (Å²) in [6.07, 6.45) is 1.19. The van der Waals surface area contributed by atoms with Gasteiger partial charge in [0.25, 0.3) is 0 Å². The van der Waals surface area contributed by atoms with Crippen LogP contribution in [0.5, 0.6) is 5.75 Å². The van der Waals surface area contributed by atoms with Crippen LogP contribution in [0, 0.1) is 5.82 Å². The van der Waals surface area contributed by atoms with Crippen molar-refractivity contribution < 1.29 is 19.0 Å². The van der Waals surface area contributed by atoms with Crippen molar-refractivity contribution in [2.45, 2.75) is 26.7 Å². The summed E-state index contributed by atoms with van der Waals surface area (Å²) in [5.41, 5.74) is 2.58. The molecule has 0 radical (unpaired) electrons. The van der Waals surface area contributed by atoms with Crippen LogP contribution in [0.2, 0.25) is 0 Å². The number of aromatic nitrogens is 1. The van der Waals surface area contributed by atoms with Gasteiger partial charge >= 0.3 is 5.97 Å². The molecule has 0 unspecified atom stereocenters. The molecule has 3 rings (SSSR count). The quantitative estimate of drug-likeness (QED) is 0.679. The lowest BCUT2D eigenvalue weighted by Crippen LogP contribution is -2.04. The van der Waals surface area contributed by atoms with Crippen molar-refractivity contribution in [3.8, 4) is 16.9 Å². The van der Waals surface area contributed by atoms with Crippen molar-refractivity contribution in [1.29, 1.82) is 0 Å². The van der Waals surface area contributed by atoms with Crippen LogP contribution >= 0.6 is 0 Å². The second-order valence-corrected chi connectivity index (χ2v) is 6.35. The molecule has 134 valence electrons. The van der Waals surface area contributed by atoms with Crippen molar-refractivity contribution >= 4 is 16.9 Å². The molecule has 0 bridgehead atoms. The first-order valence-electron chi connectivity index (χ1n) is 8.51. The van der Waals surface area contributed by atoms with Crippen LogP contribution in [0.4, 0.5) is 4.39 Å². The molecule has 3 aromatic rings. The lowest BCUT2D eigenvalue weighted by atomic mass is 9.91. The first-order valence-corrected chi connectivity index (χ1v) is 8.51. The molecule has 0 spiro atoms. The minimum Gasteiger partial charge on any atom is -0.494 e. The van der Waals surface area contributed by atoms with Gasteiger partial charge in [-0.3, -0.25) is 4.98 Å². The Balaban J connectivity index is 2.23. The highest BCUT2D eigenvalue weighted by atomic mass is 19.1. The summed E-state index contributed by atoms with van der Waals surface area (Å²) in [4.78, 5) is 15.6. The lowest BCUT2D eigenvalue weighted by Gasteiger charge is -2.14. The van der Waals surface area contributed by atoms with Gasteiger partial charge in [-0.2, -0.15) is 0 Å². The van der Waals surface area contributed by atoms with E-state index >= 15 is 0 Å². The molecule has 4 nitrogen and oxygen atoms in total. The predicted octanol–water partition coefficient (Wildman–Crippen LogP) is 5.26. The Bertz CT molecular complexity index is 982. The van der Waals surface area contributed by atoms with Gasteiger partial charge in [0, 0.05) is 17.0 Å². The van der Waals surface area contributed by atoms with E-state index < -0.39 is 11.8 Å². The molecular formula is C21H20FNO3. The van der Waals surface area contributed by atoms with Crippen molar-refractivity contribution in [3.63, 3.8) is 0 Å². The zero-order valence-electron chi connectivity index (χ0n) is 14.9. The Labute approximate surface area is 151 Å². The fourth-order valence-corrected chi connectivity index (χ4v) is 3.09. The van der Waals surface area contributed by atoms with Gasteiger partial charge < -0.3 is 9.84 Å². The SMILES string of the molecule is CCOc1ccc2c(-c3ccc(C(=O)O)c(C(C)C)c3)c(F)cnc2c1. The number of hydrogen-bond acceptors (Lipinski definition) is 3. The average Bonchev–Trinajstić information content (AvgIpc) is 2.61. The third-order valence-corrected chi connectivity index (χ3v) is 4.30. The molecule has 0 saturated heterocycles. The van der Waals surface area contributed by atoms with Gasteiger partial charge in [0.05, 0.1) is 23.9 Å². The van der Waals surface area contributed by atoms with Crippen LogP contribution in [0.3, 0.4) is 0 Å². The number of carboxylic acids is 1. The molecule has 1 N–H and O–H groups in total. The summed E-state index contributed by atoms with van der Waals surface area (Å²) < 4.78 is 20.1. The predicted molar refractivity (Wildman–Crippen MR) is 99.4 cm³/mol. The van der Waals surface area contributed by atoms with Crippen molar-refractivity contribution in [2.75, 3.05) is 6.61 Å². The Morgan fingerprint density at radius 2 is 2.00 bits per heavy atom. The number of rotatable bonds is 5. The normalized spacial score (nSPS) is 11.1. The minimum absolute atomic E-state index is 0.00164. The van der Waals surface area contributed by atoms with E-state index in [0.29, 0.717) is 39.9 Å². The molecule has 0 aliphatic rings. The second-order valence-electron chi connectivity index (χ2n) is 6.35. The zero-order valence-corrected chi connectivity index (χ0v) is 14.9. The summed E-state index contributed by atoms with van der Waals surface area (Å²) in [5, 5.41) is 10.0. The van der Waals surface area contributed by atoms with Crippen molar-refractivity contribution in [3.05, 3.63) is 59.5 Å². The van der Waals surface area contributed by atoms with Crippen LogP contribution in [-0.2, 0) is 0 Å². The highest BCUT2D eigenvalue weighted by molar-refractivity contribution is 5.97. The molecule has 0 aliphatic carbocycles. The van der Waals surface area contributed by atoms with E-state index in [0.717, 1.165) is 0 Å². The molecule has 0 amide bonds. The Kier molecular flexibility index (Phi) is 4.89. The summed E-state index contributed by atoms with van der Waals surface area (Å²) in [7, 11) is 0. The van der Waals surface area contributed by atoms with Gasteiger partial charge in [0.15, 0.2) is 0 Å². The molecule has 1 heterocycles. The van der Waals surface area contributed by atoms with E-state index in [-0.39, 0.29) is 11.5 Å². The molecule has 2 aromatic carbocycles. The second kappa shape index (κ2) is 7.12. The number of hydrogen-bond donors (Lipinski definition) is 1. The van der Waals surface area contributed by atoms with Gasteiger partial charge in [0.1, 0.15) is 11.6 Å². The van der Waals surface area contributed by atoms with E-state index in [1.807, 2.05) is 20.8 Å². The highest BCUT2D eigenvalue weighted by Gasteiger charge is 2.17. The standard InChI is InChI=1S/C21H20FNO3/c1-4-26-14-6-8-16-19(10-14)23-11-18(22)20(16)13-5-7-15(21(24)25)17(9-13)12(2)3/h5-12H,4H2,1-3H3,(H,24,25). The number of ether oxygens (including phenoxy) is 1. The minimum atomic E-state index is -0.985. The fourth-order valence-electron chi connectivity index (χ4n) is 3.09. The number of fused-ring (bicyclic) bond motifs is 1. The largest absolute Gasteiger partial charge is 0.494 e. The Morgan fingerprint density at radius 3 is 2.65 bits per heavy atom. The summed E-state index contributed by atoms with van der Waals surface area (Å²) in [6, 6.07) is 10.3. The van der Waals surface area contributed by atoms with E-state index in [2.05, 4.69) is 4.98 Å². The maximum atomic E-state index is 14.6. The number of nitrogens with zero attached hydrogens (tertiary/aromatic N) is 1. The van der Waals surface area contributed by atoms with Gasteiger partial charge in [-0.15, -0.1) is 0 Å². The van der Waals surface area contributed by atoms with Crippen LogP contribution in [-0.4, -0.2) is 22.7 Å². The molecule has 26 heavy (non-hydrogen) atoms. The molecule has 1 aromatic heterocycles. The third-order valence-electron chi connectivity index (χ3n) is 4.30. The van der Waals surface area contributed by atoms with Gasteiger partial charge in [-0.1, -0.05) is 19.9 Å². The number of carboxylic acid groups (broad SMARTS) is 1. The highest BCUT2D eigenvalue weighted by Crippen LogP contribution is 2.34. The molecule has 0 aliphatic heterocycles. The average molecular weight is 353 g/mol. The Hall–Kier alpha value is -2.95. The van der Waals surface area contributed by atoms with Crippen molar-refractivity contribution in [2.24, 2.45) is 0 Å². The smallest absolute Gasteiger partial charge is 0.335 e. The molecule has 0 fully saturated rings. The molecule has 0 atom stereocenters. The number of halogens is 1. The number of benzene rings is 2. The summed E-state index contributed by atoms with van der Waals surface area (Å²) in [5.74, 6) is -0.753. The molecule has 0 saturated carbocycles. The lowest BCUT2D eigenvalue weighted by molar-refractivity contribution is 0.0695. The summed E-state index contributed by atoms with van der Waals surface area (Å²) in [6.45, 7) is 6.26. The fraction of sp³-hybridized carbons (Fsp3) is 0.238. The van der Waals surface area contributed by atoms with E-state index in [1.165, 1.54) is 12.3 Å². The Morgan fingerprint density at radius 1 is 1.23 bits per heavy atom. The van der Waals surface area contributed by atoms with E-state index in [1.54, 1.807) is 30.3 Å². The number of carbonyl (C=O) groups is 1. The van der Waals surface area contributed by atoms with Gasteiger partial charge in [-0.05, 0) is 48.2 Å². The van der Waals surface area contributed by atoms with E-state index in [9.17, 15) is 14.3 Å². The maximum Gasteiger partial charge on any atom is 0.335 e. The number of aromatic carboxylic acids is 1.